The topological polar surface area (TPSA) is 32.5 Å². The lowest BCUT2D eigenvalue weighted by Gasteiger charge is -2.27. The van der Waals surface area contributed by atoms with Gasteiger partial charge < -0.3 is 14.2 Å². The molecule has 0 radical (unpaired) electrons. The molecule has 0 amide bonds. The summed E-state index contributed by atoms with van der Waals surface area (Å²) in [5.41, 5.74) is 16.8. The summed E-state index contributed by atoms with van der Waals surface area (Å²) in [6.07, 6.45) is 6.35. The summed E-state index contributed by atoms with van der Waals surface area (Å²) in [4.78, 5) is 9.55. The Hall–Kier alpha value is -6.43. The number of fused-ring (bicyclic) bond motifs is 1. The van der Waals surface area contributed by atoms with Gasteiger partial charge in [-0.05, 0) is 145 Å². The number of oxazole rings is 1. The second-order valence-electron chi connectivity index (χ2n) is 16.4. The number of nitrogens with zero attached hydrogens (tertiary/aromatic N) is 3. The molecule has 0 bridgehead atoms. The van der Waals surface area contributed by atoms with Gasteiger partial charge in [-0.2, -0.15) is 0 Å². The van der Waals surface area contributed by atoms with E-state index in [-0.39, 0.29) is 0 Å². The number of aromatic nitrogens is 1. The molecular weight excluding hydrogens is 735 g/mol. The molecular formula is C54H53N3OSi. The number of anilines is 6. The van der Waals surface area contributed by atoms with Crippen molar-refractivity contribution in [3.8, 4) is 11.5 Å². The molecule has 8 rings (SSSR count). The Balaban J connectivity index is 1.02. The predicted octanol–water partition coefficient (Wildman–Crippen LogP) is 14.9. The highest BCUT2D eigenvalue weighted by Gasteiger charge is 2.20. The second kappa shape index (κ2) is 16.8. The molecule has 0 atom stereocenters. The maximum atomic E-state index is 6.47. The Labute approximate surface area is 351 Å². The monoisotopic (exact) mass is 787 g/mol. The molecule has 4 nitrogen and oxygen atoms in total. The SMILES string of the molecule is CCc1ccc(N(c2ccccc2)c2ccc(/C=C/c3ccc(-c4nc5ccc(N(c6ccc([Si](C)(C)C)cc6)c6ccc(CC)c(C)c6)cc5o4)cc3)cc2)cc1C. The Morgan fingerprint density at radius 3 is 1.49 bits per heavy atom. The zero-order chi connectivity index (χ0) is 41.1. The van der Waals surface area contributed by atoms with Crippen molar-refractivity contribution in [1.29, 1.82) is 0 Å². The third-order valence-corrected chi connectivity index (χ3v) is 13.4. The molecule has 294 valence electrons. The highest BCUT2D eigenvalue weighted by molar-refractivity contribution is 6.88. The van der Waals surface area contributed by atoms with Crippen LogP contribution in [0.4, 0.5) is 34.1 Å². The first-order valence-corrected chi connectivity index (χ1v) is 24.3. The van der Waals surface area contributed by atoms with E-state index in [0.717, 1.165) is 74.8 Å². The van der Waals surface area contributed by atoms with E-state index in [1.54, 1.807) is 0 Å². The van der Waals surface area contributed by atoms with E-state index in [1.165, 1.54) is 27.4 Å². The van der Waals surface area contributed by atoms with Crippen LogP contribution in [0.2, 0.25) is 19.6 Å². The molecule has 8 aromatic rings. The van der Waals surface area contributed by atoms with Crippen LogP contribution in [-0.4, -0.2) is 13.1 Å². The fraction of sp³-hybridized carbons (Fsp3) is 0.167. The van der Waals surface area contributed by atoms with Gasteiger partial charge >= 0.3 is 0 Å². The van der Waals surface area contributed by atoms with Crippen LogP contribution in [0.5, 0.6) is 0 Å². The van der Waals surface area contributed by atoms with Crippen LogP contribution in [0.1, 0.15) is 47.2 Å². The van der Waals surface area contributed by atoms with E-state index >= 15 is 0 Å². The van der Waals surface area contributed by atoms with E-state index in [1.807, 2.05) is 0 Å². The van der Waals surface area contributed by atoms with Crippen LogP contribution >= 0.6 is 0 Å². The van der Waals surface area contributed by atoms with Gasteiger partial charge in [0.1, 0.15) is 5.52 Å². The number of rotatable bonds is 12. The minimum atomic E-state index is -1.44. The molecule has 59 heavy (non-hydrogen) atoms. The van der Waals surface area contributed by atoms with Crippen LogP contribution in [0.25, 0.3) is 34.7 Å². The summed E-state index contributed by atoms with van der Waals surface area (Å²) in [5.74, 6) is 0.611. The van der Waals surface area contributed by atoms with E-state index in [9.17, 15) is 0 Å². The first-order chi connectivity index (χ1) is 28.6. The van der Waals surface area contributed by atoms with Gasteiger partial charge in [0.05, 0.1) is 8.07 Å². The van der Waals surface area contributed by atoms with Crippen molar-refractivity contribution < 1.29 is 4.42 Å². The molecule has 7 aromatic carbocycles. The van der Waals surface area contributed by atoms with Crippen LogP contribution < -0.4 is 15.0 Å². The van der Waals surface area contributed by atoms with Crippen molar-refractivity contribution in [3.05, 3.63) is 191 Å². The minimum Gasteiger partial charge on any atom is -0.436 e. The lowest BCUT2D eigenvalue weighted by molar-refractivity contribution is 0.620. The molecule has 1 aromatic heterocycles. The van der Waals surface area contributed by atoms with Gasteiger partial charge in [0.2, 0.25) is 5.89 Å². The Bertz CT molecular complexity index is 2720. The Morgan fingerprint density at radius 1 is 0.508 bits per heavy atom. The molecule has 0 aliphatic carbocycles. The Kier molecular flexibility index (Phi) is 11.2. The summed E-state index contributed by atoms with van der Waals surface area (Å²) < 4.78 is 6.47. The molecule has 0 N–H and O–H groups in total. The van der Waals surface area contributed by atoms with Crippen molar-refractivity contribution in [3.63, 3.8) is 0 Å². The highest BCUT2D eigenvalue weighted by Crippen LogP contribution is 2.39. The van der Waals surface area contributed by atoms with Gasteiger partial charge in [-0.25, -0.2) is 4.98 Å². The molecule has 0 saturated carbocycles. The maximum Gasteiger partial charge on any atom is 0.227 e. The number of aryl methyl sites for hydroxylation is 4. The largest absolute Gasteiger partial charge is 0.436 e. The third kappa shape index (κ3) is 8.57. The van der Waals surface area contributed by atoms with Crippen LogP contribution in [0, 0.1) is 13.8 Å². The summed E-state index contributed by atoms with van der Waals surface area (Å²) in [6.45, 7) is 16.0. The van der Waals surface area contributed by atoms with E-state index in [4.69, 9.17) is 9.40 Å². The normalized spacial score (nSPS) is 11.7. The summed E-state index contributed by atoms with van der Waals surface area (Å²) in [7, 11) is -1.44. The Morgan fingerprint density at radius 2 is 0.966 bits per heavy atom. The second-order valence-corrected chi connectivity index (χ2v) is 21.5. The summed E-state index contributed by atoms with van der Waals surface area (Å²) in [5, 5.41) is 1.44. The third-order valence-electron chi connectivity index (χ3n) is 11.3. The predicted molar refractivity (Wildman–Crippen MR) is 255 cm³/mol. The van der Waals surface area contributed by atoms with Crippen molar-refractivity contribution in [1.82, 2.24) is 4.98 Å². The molecule has 0 aliphatic rings. The highest BCUT2D eigenvalue weighted by atomic mass is 28.3. The summed E-state index contributed by atoms with van der Waals surface area (Å²) in [6, 6.07) is 56.7. The van der Waals surface area contributed by atoms with Crippen LogP contribution in [0.15, 0.2) is 162 Å². The van der Waals surface area contributed by atoms with Gasteiger partial charge in [-0.15, -0.1) is 0 Å². The van der Waals surface area contributed by atoms with Crippen LogP contribution in [0.3, 0.4) is 0 Å². The van der Waals surface area contributed by atoms with E-state index in [0.29, 0.717) is 5.89 Å². The quantitative estimate of drug-likeness (QED) is 0.0912. The van der Waals surface area contributed by atoms with Gasteiger partial charge in [0.25, 0.3) is 0 Å². The molecule has 1 heterocycles. The van der Waals surface area contributed by atoms with Crippen molar-refractivity contribution in [2.45, 2.75) is 60.2 Å². The van der Waals surface area contributed by atoms with Gasteiger partial charge in [-0.1, -0.05) is 118 Å². The first kappa shape index (κ1) is 39.4. The first-order valence-electron chi connectivity index (χ1n) is 20.8. The average Bonchev–Trinajstić information content (AvgIpc) is 3.68. The number of benzene rings is 7. The van der Waals surface area contributed by atoms with E-state index < -0.39 is 8.07 Å². The van der Waals surface area contributed by atoms with Gasteiger partial charge in [0, 0.05) is 45.8 Å². The number of hydrogen-bond acceptors (Lipinski definition) is 4. The maximum absolute atomic E-state index is 6.47. The van der Waals surface area contributed by atoms with Crippen LogP contribution in [-0.2, 0) is 12.8 Å². The molecule has 0 unspecified atom stereocenters. The molecule has 0 fully saturated rings. The molecule has 0 spiro atoms. The minimum absolute atomic E-state index is 0.611. The van der Waals surface area contributed by atoms with Crippen molar-refractivity contribution >= 4 is 70.6 Å². The lowest BCUT2D eigenvalue weighted by Crippen LogP contribution is -2.37. The van der Waals surface area contributed by atoms with Crippen molar-refractivity contribution in [2.75, 3.05) is 9.80 Å². The van der Waals surface area contributed by atoms with Gasteiger partial charge in [0.15, 0.2) is 5.58 Å². The standard InChI is InChI=1S/C54H53N3OSi/c1-8-42-23-27-48(35-38(42)3)56(45-13-11-10-12-14-45)46-25-19-41(20-26-46)16-15-40-17-21-44(22-18-40)54-55-52-34-31-50(37-53(52)58-54)57(49-28-24-43(9-2)39(4)36-49)47-29-32-51(33-30-47)59(5,6)7/h10-37H,8-9H2,1-7H3/b16-15+. The summed E-state index contributed by atoms with van der Waals surface area (Å²) >= 11 is 0. The molecule has 5 heteroatoms. The molecule has 0 saturated heterocycles. The number of hydrogen-bond donors (Lipinski definition) is 0. The zero-order valence-corrected chi connectivity index (χ0v) is 36.3. The smallest absolute Gasteiger partial charge is 0.227 e. The van der Waals surface area contributed by atoms with E-state index in [2.05, 4.69) is 227 Å². The average molecular weight is 788 g/mol. The fourth-order valence-electron chi connectivity index (χ4n) is 7.85. The number of para-hydroxylation sites is 1. The van der Waals surface area contributed by atoms with Crippen molar-refractivity contribution in [2.24, 2.45) is 0 Å². The fourth-order valence-corrected chi connectivity index (χ4v) is 9.02. The van der Waals surface area contributed by atoms with Gasteiger partial charge in [-0.3, -0.25) is 0 Å². The molecule has 0 aliphatic heterocycles. The lowest BCUT2D eigenvalue weighted by atomic mass is 10.0. The zero-order valence-electron chi connectivity index (χ0n) is 35.3.